The summed E-state index contributed by atoms with van der Waals surface area (Å²) < 4.78 is 2.55. The van der Waals surface area contributed by atoms with E-state index in [1.807, 2.05) is 6.20 Å². The molecule has 32 heavy (non-hydrogen) atoms. The van der Waals surface area contributed by atoms with Crippen LogP contribution in [0.5, 0.6) is 0 Å². The van der Waals surface area contributed by atoms with Gasteiger partial charge in [0.15, 0.2) is 0 Å². The Labute approximate surface area is 187 Å². The molecule has 0 saturated heterocycles. The van der Waals surface area contributed by atoms with Crippen LogP contribution >= 0.6 is 0 Å². The lowest BCUT2D eigenvalue weighted by atomic mass is 9.57. The Balaban J connectivity index is 1.95. The van der Waals surface area contributed by atoms with Crippen molar-refractivity contribution >= 4 is 49.0 Å². The Kier molecular flexibility index (Phi) is 3.13. The summed E-state index contributed by atoms with van der Waals surface area (Å²) in [6.07, 6.45) is 2.02. The van der Waals surface area contributed by atoms with Gasteiger partial charge in [0.2, 0.25) is 0 Å². The fourth-order valence-corrected chi connectivity index (χ4v) is 6.40. The second kappa shape index (κ2) is 5.50. The highest BCUT2D eigenvalue weighted by atomic mass is 14.9. The van der Waals surface area contributed by atoms with Crippen molar-refractivity contribution in [3.05, 3.63) is 83.6 Å². The fraction of sp³-hybridized carbons (Fsp3) is 0.233. The maximum atomic E-state index is 5.01. The first-order chi connectivity index (χ1) is 15.3. The molecule has 156 valence electrons. The molecule has 1 aliphatic carbocycles. The van der Waals surface area contributed by atoms with E-state index in [-0.39, 0.29) is 10.8 Å². The third-order valence-electron chi connectivity index (χ3n) is 8.68. The molecule has 7 rings (SSSR count). The van der Waals surface area contributed by atoms with Gasteiger partial charge in [-0.3, -0.25) is 4.98 Å². The Hall–Kier alpha value is -3.39. The first-order valence-electron chi connectivity index (χ1n) is 11.5. The lowest BCUT2D eigenvalue weighted by Gasteiger charge is -2.46. The third-order valence-corrected chi connectivity index (χ3v) is 8.68. The summed E-state index contributed by atoms with van der Waals surface area (Å²) in [6, 6.07) is 22.3. The van der Waals surface area contributed by atoms with Crippen molar-refractivity contribution in [3.63, 3.8) is 0 Å². The molecular formula is C30H26N2. The molecule has 2 heteroatoms. The fourth-order valence-electron chi connectivity index (χ4n) is 6.40. The predicted molar refractivity (Wildman–Crippen MR) is 136 cm³/mol. The van der Waals surface area contributed by atoms with Gasteiger partial charge in [0.1, 0.15) is 0 Å². The van der Waals surface area contributed by atoms with Gasteiger partial charge in [-0.15, -0.1) is 0 Å². The number of pyridine rings is 2. The zero-order valence-electron chi connectivity index (χ0n) is 19.2. The first kappa shape index (κ1) is 18.2. The van der Waals surface area contributed by atoms with Crippen LogP contribution in [0.15, 0.2) is 66.9 Å². The van der Waals surface area contributed by atoms with Crippen molar-refractivity contribution in [3.8, 4) is 0 Å². The van der Waals surface area contributed by atoms with Gasteiger partial charge in [-0.05, 0) is 58.0 Å². The number of nitrogens with zero attached hydrogens (tertiary/aromatic N) is 2. The minimum absolute atomic E-state index is 0.0224. The summed E-state index contributed by atoms with van der Waals surface area (Å²) in [6.45, 7) is 11.9. The molecule has 0 saturated carbocycles. The second-order valence-electron chi connectivity index (χ2n) is 10.5. The number of fused-ring (bicyclic) bond motifs is 7. The minimum atomic E-state index is -0.0267. The van der Waals surface area contributed by atoms with Gasteiger partial charge in [-0.2, -0.15) is 0 Å². The smallest absolute Gasteiger partial charge is 0.0819 e. The Morgan fingerprint density at radius 1 is 0.750 bits per heavy atom. The SMILES string of the molecule is Cc1c2ccccc2cc2c3nccc4c3c3c(c5ccccc5n3c12)C(C)(C)C4(C)C. The first-order valence-corrected chi connectivity index (χ1v) is 11.5. The van der Waals surface area contributed by atoms with Crippen LogP contribution in [-0.2, 0) is 10.8 Å². The maximum Gasteiger partial charge on any atom is 0.0819 e. The molecular weight excluding hydrogens is 388 g/mol. The van der Waals surface area contributed by atoms with Crippen molar-refractivity contribution < 1.29 is 0 Å². The van der Waals surface area contributed by atoms with Crippen molar-refractivity contribution in [2.75, 3.05) is 0 Å². The molecule has 1 aliphatic rings. The van der Waals surface area contributed by atoms with Gasteiger partial charge in [-0.25, -0.2) is 0 Å². The molecule has 0 aliphatic heterocycles. The average Bonchev–Trinajstić information content (AvgIpc) is 3.14. The standard InChI is InChI=1S/C30H26N2/c1-17-19-11-7-6-10-18(19)16-21-26-24-22(14-15-31-26)29(2,3)30(4,5)25-20-12-8-9-13-23(20)32(27(17)21)28(24)25/h6-16H,1-5H3. The van der Waals surface area contributed by atoms with E-state index in [9.17, 15) is 0 Å². The van der Waals surface area contributed by atoms with Crippen LogP contribution in [0.4, 0.5) is 0 Å². The van der Waals surface area contributed by atoms with Gasteiger partial charge < -0.3 is 4.40 Å². The molecule has 0 atom stereocenters. The quantitative estimate of drug-likeness (QED) is 0.183. The monoisotopic (exact) mass is 414 g/mol. The highest BCUT2D eigenvalue weighted by Gasteiger charge is 2.47. The van der Waals surface area contributed by atoms with Crippen LogP contribution in [0.3, 0.4) is 0 Å². The Bertz CT molecular complexity index is 1780. The largest absolute Gasteiger partial charge is 0.308 e. The molecule has 6 aromatic rings. The third kappa shape index (κ3) is 1.83. The molecule has 0 amide bonds. The van der Waals surface area contributed by atoms with Crippen molar-refractivity contribution in [1.82, 2.24) is 9.38 Å². The minimum Gasteiger partial charge on any atom is -0.308 e. The maximum absolute atomic E-state index is 5.01. The summed E-state index contributed by atoms with van der Waals surface area (Å²) in [5, 5.41) is 6.52. The molecule has 2 nitrogen and oxygen atoms in total. The molecule has 0 bridgehead atoms. The van der Waals surface area contributed by atoms with E-state index in [1.165, 1.54) is 60.2 Å². The van der Waals surface area contributed by atoms with Crippen LogP contribution in [-0.4, -0.2) is 9.38 Å². The molecule has 3 heterocycles. The van der Waals surface area contributed by atoms with Crippen LogP contribution in [0.2, 0.25) is 0 Å². The van der Waals surface area contributed by atoms with E-state index >= 15 is 0 Å². The average molecular weight is 415 g/mol. The molecule has 0 spiro atoms. The van der Waals surface area contributed by atoms with Crippen LogP contribution in [0.25, 0.3) is 49.0 Å². The molecule has 0 radical (unpaired) electrons. The normalized spacial score (nSPS) is 16.8. The van der Waals surface area contributed by atoms with Crippen molar-refractivity contribution in [2.24, 2.45) is 0 Å². The summed E-state index contributed by atoms with van der Waals surface area (Å²) in [7, 11) is 0. The molecule has 0 N–H and O–H groups in total. The highest BCUT2D eigenvalue weighted by molar-refractivity contribution is 6.21. The van der Waals surface area contributed by atoms with Crippen molar-refractivity contribution in [2.45, 2.75) is 45.4 Å². The van der Waals surface area contributed by atoms with Gasteiger partial charge >= 0.3 is 0 Å². The van der Waals surface area contributed by atoms with Gasteiger partial charge in [-0.1, -0.05) is 70.2 Å². The number of rotatable bonds is 0. The van der Waals surface area contributed by atoms with Gasteiger partial charge in [0.25, 0.3) is 0 Å². The number of aryl methyl sites for hydroxylation is 1. The Morgan fingerprint density at radius 2 is 1.47 bits per heavy atom. The number of hydrogen-bond acceptors (Lipinski definition) is 1. The van der Waals surface area contributed by atoms with E-state index < -0.39 is 0 Å². The second-order valence-corrected chi connectivity index (χ2v) is 10.5. The number of benzene rings is 3. The molecule has 3 aromatic carbocycles. The van der Waals surface area contributed by atoms with E-state index in [0.717, 1.165) is 5.52 Å². The summed E-state index contributed by atoms with van der Waals surface area (Å²) in [5.41, 5.74) is 9.19. The summed E-state index contributed by atoms with van der Waals surface area (Å²) >= 11 is 0. The van der Waals surface area contributed by atoms with Crippen LogP contribution in [0, 0.1) is 6.92 Å². The van der Waals surface area contributed by atoms with E-state index in [0.29, 0.717) is 0 Å². The summed E-state index contributed by atoms with van der Waals surface area (Å²) in [5.74, 6) is 0. The molecule has 0 unspecified atom stereocenters. The lowest BCUT2D eigenvalue weighted by Crippen LogP contribution is -2.42. The Morgan fingerprint density at radius 3 is 2.28 bits per heavy atom. The lowest BCUT2D eigenvalue weighted by molar-refractivity contribution is 0.306. The molecule has 3 aromatic heterocycles. The number of aromatic nitrogens is 2. The number of hydrogen-bond donors (Lipinski definition) is 0. The highest BCUT2D eigenvalue weighted by Crippen LogP contribution is 2.56. The molecule has 0 fully saturated rings. The topological polar surface area (TPSA) is 17.3 Å². The van der Waals surface area contributed by atoms with E-state index in [4.69, 9.17) is 4.98 Å². The zero-order chi connectivity index (χ0) is 22.0. The van der Waals surface area contributed by atoms with Gasteiger partial charge in [0, 0.05) is 27.8 Å². The van der Waals surface area contributed by atoms with Gasteiger partial charge in [0.05, 0.1) is 22.1 Å². The zero-order valence-corrected chi connectivity index (χ0v) is 19.2. The van der Waals surface area contributed by atoms with Crippen LogP contribution < -0.4 is 0 Å². The summed E-state index contributed by atoms with van der Waals surface area (Å²) in [4.78, 5) is 5.01. The van der Waals surface area contributed by atoms with E-state index in [1.54, 1.807) is 0 Å². The van der Waals surface area contributed by atoms with Crippen LogP contribution in [0.1, 0.15) is 44.4 Å². The predicted octanol–water partition coefficient (Wildman–Crippen LogP) is 7.82. The number of para-hydroxylation sites is 1. The van der Waals surface area contributed by atoms with E-state index in [2.05, 4.69) is 99.7 Å². The van der Waals surface area contributed by atoms with Crippen molar-refractivity contribution in [1.29, 1.82) is 0 Å².